The minimum Gasteiger partial charge on any atom is -0.369 e. The van der Waals surface area contributed by atoms with E-state index in [1.54, 1.807) is 0 Å². The highest BCUT2D eigenvalue weighted by molar-refractivity contribution is 6.31. The van der Waals surface area contributed by atoms with Crippen molar-refractivity contribution in [3.63, 3.8) is 0 Å². The molecule has 0 saturated heterocycles. The summed E-state index contributed by atoms with van der Waals surface area (Å²) in [5.41, 5.74) is 1.45. The molecular weight excluding hydrogens is 303 g/mol. The first-order valence-electron chi connectivity index (χ1n) is 7.84. The van der Waals surface area contributed by atoms with Gasteiger partial charge in [0.1, 0.15) is 5.84 Å². The molecule has 1 aromatic carbocycles. The van der Waals surface area contributed by atoms with E-state index in [1.165, 1.54) is 37.7 Å². The normalized spacial score (nSPS) is 29.2. The summed E-state index contributed by atoms with van der Waals surface area (Å²) in [6.07, 6.45) is 7.19. The van der Waals surface area contributed by atoms with E-state index in [2.05, 4.69) is 40.6 Å². The second-order valence-corrected chi connectivity index (χ2v) is 6.46. The van der Waals surface area contributed by atoms with E-state index >= 15 is 0 Å². The van der Waals surface area contributed by atoms with Gasteiger partial charge in [0.15, 0.2) is 0 Å². The molecule has 21 heavy (non-hydrogen) atoms. The van der Waals surface area contributed by atoms with Crippen molar-refractivity contribution >= 4 is 29.8 Å². The minimum absolute atomic E-state index is 0. The van der Waals surface area contributed by atoms with E-state index in [0.29, 0.717) is 12.0 Å². The lowest BCUT2D eigenvalue weighted by Gasteiger charge is -2.24. The van der Waals surface area contributed by atoms with E-state index < -0.39 is 0 Å². The monoisotopic (exact) mass is 326 g/mol. The van der Waals surface area contributed by atoms with Gasteiger partial charge in [-0.1, -0.05) is 36.8 Å². The lowest BCUT2D eigenvalue weighted by Crippen LogP contribution is -2.40. The Balaban J connectivity index is 0.00000161. The number of benzene rings is 1. The van der Waals surface area contributed by atoms with E-state index in [1.807, 2.05) is 0 Å². The van der Waals surface area contributed by atoms with Gasteiger partial charge < -0.3 is 5.32 Å². The largest absolute Gasteiger partial charge is 0.369 e. The molecule has 1 saturated carbocycles. The number of rotatable bonds is 2. The fourth-order valence-corrected chi connectivity index (χ4v) is 3.71. The van der Waals surface area contributed by atoms with Gasteiger partial charge in [-0.15, -0.1) is 24.0 Å². The predicted molar refractivity (Wildman–Crippen MR) is 93.0 cm³/mol. The zero-order valence-electron chi connectivity index (χ0n) is 12.3. The summed E-state index contributed by atoms with van der Waals surface area (Å²) in [5.74, 6) is 1.64. The van der Waals surface area contributed by atoms with Crippen LogP contribution in [0.3, 0.4) is 0 Å². The molecule has 0 aromatic heterocycles. The van der Waals surface area contributed by atoms with Crippen molar-refractivity contribution < 1.29 is 0 Å². The molecule has 3 atom stereocenters. The van der Waals surface area contributed by atoms with Gasteiger partial charge >= 0.3 is 0 Å². The fourth-order valence-electron chi connectivity index (χ4n) is 3.43. The summed E-state index contributed by atoms with van der Waals surface area (Å²) >= 11 is 6.47. The molecule has 2 nitrogen and oxygen atoms in total. The van der Waals surface area contributed by atoms with Gasteiger partial charge in [0.05, 0.1) is 5.38 Å². The van der Waals surface area contributed by atoms with Gasteiger partial charge in [-0.2, -0.15) is 0 Å². The highest BCUT2D eigenvalue weighted by Gasteiger charge is 2.30. The van der Waals surface area contributed by atoms with Gasteiger partial charge in [0.25, 0.3) is 0 Å². The third kappa shape index (κ3) is 4.14. The average molecular weight is 327 g/mol. The summed E-state index contributed by atoms with van der Waals surface area (Å²) in [5, 5.41) is 3.75. The van der Waals surface area contributed by atoms with Gasteiger partial charge in [0, 0.05) is 18.5 Å². The zero-order valence-corrected chi connectivity index (χ0v) is 13.9. The van der Waals surface area contributed by atoms with Crippen molar-refractivity contribution in [3.8, 4) is 0 Å². The molecule has 0 spiro atoms. The highest BCUT2D eigenvalue weighted by Crippen LogP contribution is 2.34. The number of hydrogen-bond donors (Lipinski definition) is 1. The van der Waals surface area contributed by atoms with Gasteiger partial charge in [-0.25, -0.2) is 0 Å². The Labute approximate surface area is 138 Å². The van der Waals surface area contributed by atoms with Crippen LogP contribution in [-0.4, -0.2) is 23.8 Å². The quantitative estimate of drug-likeness (QED) is 0.793. The maximum absolute atomic E-state index is 6.47. The number of amidine groups is 1. The molecule has 0 radical (unpaired) electrons. The molecule has 3 unspecified atom stereocenters. The lowest BCUT2D eigenvalue weighted by atomic mass is 9.94. The molecule has 116 valence electrons. The Bertz CT molecular complexity index is 461. The smallest absolute Gasteiger partial charge is 0.115 e. The molecule has 0 amide bonds. The van der Waals surface area contributed by atoms with E-state index in [4.69, 9.17) is 11.6 Å². The SMILES string of the molecule is Cl.ClC1CCCCN=C1NC1CCCC1c1ccccc1. The summed E-state index contributed by atoms with van der Waals surface area (Å²) in [6, 6.07) is 11.4. The molecular formula is C17H24Cl2N2. The maximum Gasteiger partial charge on any atom is 0.115 e. The maximum atomic E-state index is 6.47. The van der Waals surface area contributed by atoms with Crippen molar-refractivity contribution in [2.45, 2.75) is 55.9 Å². The number of nitrogens with zero attached hydrogens (tertiary/aromatic N) is 1. The van der Waals surface area contributed by atoms with Gasteiger partial charge in [0.2, 0.25) is 0 Å². The first-order chi connectivity index (χ1) is 9.84. The van der Waals surface area contributed by atoms with Crippen molar-refractivity contribution in [2.24, 2.45) is 4.99 Å². The number of halogens is 2. The zero-order chi connectivity index (χ0) is 13.8. The third-order valence-electron chi connectivity index (χ3n) is 4.52. The van der Waals surface area contributed by atoms with E-state index in [0.717, 1.165) is 18.8 Å². The summed E-state index contributed by atoms with van der Waals surface area (Å²) in [7, 11) is 0. The third-order valence-corrected chi connectivity index (χ3v) is 4.95. The minimum atomic E-state index is 0. The average Bonchev–Trinajstić information content (AvgIpc) is 2.85. The molecule has 2 aliphatic rings. The Morgan fingerprint density at radius 1 is 1.00 bits per heavy atom. The number of hydrogen-bond acceptors (Lipinski definition) is 2. The Morgan fingerprint density at radius 2 is 1.81 bits per heavy atom. The van der Waals surface area contributed by atoms with Crippen LogP contribution in [0.4, 0.5) is 0 Å². The van der Waals surface area contributed by atoms with Crippen molar-refractivity contribution in [1.29, 1.82) is 0 Å². The van der Waals surface area contributed by atoms with Crippen molar-refractivity contribution in [2.75, 3.05) is 6.54 Å². The molecule has 1 fully saturated rings. The summed E-state index contributed by atoms with van der Waals surface area (Å²) < 4.78 is 0. The summed E-state index contributed by atoms with van der Waals surface area (Å²) in [4.78, 5) is 4.67. The second-order valence-electron chi connectivity index (χ2n) is 5.93. The van der Waals surface area contributed by atoms with Crippen LogP contribution in [0, 0.1) is 0 Å². The molecule has 1 aliphatic heterocycles. The van der Waals surface area contributed by atoms with Crippen molar-refractivity contribution in [1.82, 2.24) is 5.32 Å². The molecule has 1 aliphatic carbocycles. The Hall–Kier alpha value is -0.730. The summed E-state index contributed by atoms with van der Waals surface area (Å²) in [6.45, 7) is 0.925. The predicted octanol–water partition coefficient (Wildman–Crippen LogP) is 4.52. The number of nitrogens with one attached hydrogen (secondary N) is 1. The highest BCUT2D eigenvalue weighted by atomic mass is 35.5. The van der Waals surface area contributed by atoms with Crippen LogP contribution in [0.2, 0.25) is 0 Å². The van der Waals surface area contributed by atoms with E-state index in [9.17, 15) is 0 Å². The molecule has 4 heteroatoms. The molecule has 1 N–H and O–H groups in total. The van der Waals surface area contributed by atoms with Crippen LogP contribution in [-0.2, 0) is 0 Å². The Kier molecular flexibility index (Phi) is 6.38. The first kappa shape index (κ1) is 16.6. The van der Waals surface area contributed by atoms with Gasteiger partial charge in [-0.3, -0.25) is 4.99 Å². The fraction of sp³-hybridized carbons (Fsp3) is 0.588. The van der Waals surface area contributed by atoms with Crippen LogP contribution in [0.1, 0.15) is 50.0 Å². The van der Waals surface area contributed by atoms with Crippen LogP contribution in [0.15, 0.2) is 35.3 Å². The second kappa shape index (κ2) is 8.05. The molecule has 0 bridgehead atoms. The molecule has 3 rings (SSSR count). The van der Waals surface area contributed by atoms with Crippen LogP contribution in [0.25, 0.3) is 0 Å². The van der Waals surface area contributed by atoms with Crippen LogP contribution < -0.4 is 5.32 Å². The molecule has 1 aromatic rings. The number of alkyl halides is 1. The molecule has 1 heterocycles. The topological polar surface area (TPSA) is 24.4 Å². The Morgan fingerprint density at radius 3 is 2.62 bits per heavy atom. The lowest BCUT2D eigenvalue weighted by molar-refractivity contribution is 0.553. The standard InChI is InChI=1S/C17H23ClN2.ClH/c18-15-10-4-5-12-19-17(15)20-16-11-6-9-14(16)13-7-2-1-3-8-13;/h1-3,7-8,14-16H,4-6,9-12H2,(H,19,20);1H. The van der Waals surface area contributed by atoms with Gasteiger partial charge in [-0.05, 0) is 37.7 Å². The van der Waals surface area contributed by atoms with E-state index in [-0.39, 0.29) is 17.8 Å². The van der Waals surface area contributed by atoms with Crippen LogP contribution >= 0.6 is 24.0 Å². The van der Waals surface area contributed by atoms with Crippen LogP contribution in [0.5, 0.6) is 0 Å². The number of aliphatic imine (C=N–C) groups is 1. The first-order valence-corrected chi connectivity index (χ1v) is 8.28. The van der Waals surface area contributed by atoms with Crippen molar-refractivity contribution in [3.05, 3.63) is 35.9 Å².